The number of hydrogen-bond acceptors (Lipinski definition) is 3. The summed E-state index contributed by atoms with van der Waals surface area (Å²) in [5.74, 6) is -0.312. The van der Waals surface area contributed by atoms with E-state index in [1.165, 1.54) is 11.6 Å². The van der Waals surface area contributed by atoms with Crippen molar-refractivity contribution in [3.05, 3.63) is 77.4 Å². The fourth-order valence-corrected chi connectivity index (χ4v) is 2.73. The van der Waals surface area contributed by atoms with Gasteiger partial charge >= 0.3 is 0 Å². The lowest BCUT2D eigenvalue weighted by molar-refractivity contribution is -0.124. The standard InChI is InChI=1S/C21H24N2O2/c1-2-19(14-17-6-4-3-5-7-17)20(22)15-18-10-8-16(9-11-18)12-13-21(24)23-25/h3-13,19,22,25H,2,14-15H2,1H3,(H,23,24)/b13-12+,22-20?. The van der Waals surface area contributed by atoms with E-state index in [0.29, 0.717) is 6.42 Å². The number of nitrogens with one attached hydrogen (secondary N) is 2. The van der Waals surface area contributed by atoms with Crippen LogP contribution >= 0.6 is 0 Å². The van der Waals surface area contributed by atoms with Crippen LogP contribution in [0.2, 0.25) is 0 Å². The fraction of sp³-hybridized carbons (Fsp3) is 0.238. The maximum atomic E-state index is 11.0. The van der Waals surface area contributed by atoms with Gasteiger partial charge in [-0.3, -0.25) is 10.0 Å². The molecular formula is C21H24N2O2. The highest BCUT2D eigenvalue weighted by Crippen LogP contribution is 2.17. The topological polar surface area (TPSA) is 73.2 Å². The third-order valence-electron chi connectivity index (χ3n) is 4.22. The molecule has 0 aliphatic carbocycles. The number of hydroxylamine groups is 1. The highest BCUT2D eigenvalue weighted by Gasteiger charge is 2.13. The minimum absolute atomic E-state index is 0.246. The van der Waals surface area contributed by atoms with Gasteiger partial charge in [0.05, 0.1) is 0 Å². The minimum atomic E-state index is -0.558. The highest BCUT2D eigenvalue weighted by molar-refractivity contribution is 5.90. The molecular weight excluding hydrogens is 312 g/mol. The van der Waals surface area contributed by atoms with Crippen molar-refractivity contribution in [2.24, 2.45) is 5.92 Å². The quantitative estimate of drug-likeness (QED) is 0.295. The van der Waals surface area contributed by atoms with Gasteiger partial charge in [-0.05, 0) is 35.6 Å². The van der Waals surface area contributed by atoms with Gasteiger partial charge in [0, 0.05) is 24.1 Å². The number of rotatable bonds is 8. The van der Waals surface area contributed by atoms with Gasteiger partial charge in [-0.1, -0.05) is 61.5 Å². The molecule has 0 saturated carbocycles. The molecule has 0 aromatic heterocycles. The molecule has 1 unspecified atom stereocenters. The lowest BCUT2D eigenvalue weighted by atomic mass is 9.89. The van der Waals surface area contributed by atoms with Crippen molar-refractivity contribution < 1.29 is 10.0 Å². The van der Waals surface area contributed by atoms with Crippen molar-refractivity contribution in [2.75, 3.05) is 0 Å². The Labute approximate surface area is 148 Å². The molecule has 3 N–H and O–H groups in total. The summed E-state index contributed by atoms with van der Waals surface area (Å²) in [5.41, 5.74) is 5.52. The fourth-order valence-electron chi connectivity index (χ4n) is 2.73. The summed E-state index contributed by atoms with van der Waals surface area (Å²) in [4.78, 5) is 11.0. The Morgan fingerprint density at radius 2 is 1.80 bits per heavy atom. The zero-order valence-corrected chi connectivity index (χ0v) is 14.4. The van der Waals surface area contributed by atoms with Crippen molar-refractivity contribution in [1.29, 1.82) is 5.41 Å². The number of amides is 1. The first-order valence-electron chi connectivity index (χ1n) is 8.44. The number of hydrogen-bond donors (Lipinski definition) is 3. The monoisotopic (exact) mass is 336 g/mol. The molecule has 2 aromatic rings. The lowest BCUT2D eigenvalue weighted by Crippen LogP contribution is -2.18. The van der Waals surface area contributed by atoms with E-state index in [1.54, 1.807) is 11.6 Å². The minimum Gasteiger partial charge on any atom is -0.309 e. The molecule has 0 saturated heterocycles. The molecule has 130 valence electrons. The van der Waals surface area contributed by atoms with Gasteiger partial charge in [0.15, 0.2) is 0 Å². The van der Waals surface area contributed by atoms with Crippen LogP contribution < -0.4 is 5.48 Å². The van der Waals surface area contributed by atoms with Gasteiger partial charge < -0.3 is 5.41 Å². The van der Waals surface area contributed by atoms with Crippen LogP contribution in [0, 0.1) is 11.3 Å². The Morgan fingerprint density at radius 1 is 1.12 bits per heavy atom. The van der Waals surface area contributed by atoms with E-state index in [-0.39, 0.29) is 5.92 Å². The average Bonchev–Trinajstić information content (AvgIpc) is 2.66. The molecule has 2 aromatic carbocycles. The zero-order chi connectivity index (χ0) is 18.1. The van der Waals surface area contributed by atoms with Gasteiger partial charge in [0.2, 0.25) is 0 Å². The van der Waals surface area contributed by atoms with Crippen LogP contribution in [0.4, 0.5) is 0 Å². The summed E-state index contributed by atoms with van der Waals surface area (Å²) in [6.07, 6.45) is 5.37. The number of carbonyl (C=O) groups excluding carboxylic acids is 1. The largest absolute Gasteiger partial charge is 0.309 e. The van der Waals surface area contributed by atoms with Gasteiger partial charge in [-0.2, -0.15) is 0 Å². The smallest absolute Gasteiger partial charge is 0.267 e. The first-order valence-corrected chi connectivity index (χ1v) is 8.44. The molecule has 0 fully saturated rings. The summed E-state index contributed by atoms with van der Waals surface area (Å²) in [7, 11) is 0. The summed E-state index contributed by atoms with van der Waals surface area (Å²) < 4.78 is 0. The third-order valence-corrected chi connectivity index (χ3v) is 4.22. The maximum absolute atomic E-state index is 11.0. The Balaban J connectivity index is 1.96. The van der Waals surface area contributed by atoms with Crippen LogP contribution in [-0.4, -0.2) is 16.8 Å². The molecule has 0 heterocycles. The first-order chi connectivity index (χ1) is 12.1. The summed E-state index contributed by atoms with van der Waals surface area (Å²) in [6.45, 7) is 2.13. The second-order valence-corrected chi connectivity index (χ2v) is 6.05. The second kappa shape index (κ2) is 9.55. The second-order valence-electron chi connectivity index (χ2n) is 6.05. The Morgan fingerprint density at radius 3 is 2.40 bits per heavy atom. The Bertz CT molecular complexity index is 721. The summed E-state index contributed by atoms with van der Waals surface area (Å²) >= 11 is 0. The maximum Gasteiger partial charge on any atom is 0.267 e. The lowest BCUT2D eigenvalue weighted by Gasteiger charge is -2.16. The van der Waals surface area contributed by atoms with Crippen LogP contribution in [0.25, 0.3) is 6.08 Å². The van der Waals surface area contributed by atoms with Crippen LogP contribution in [0.15, 0.2) is 60.7 Å². The molecule has 0 bridgehead atoms. The molecule has 0 aliphatic rings. The highest BCUT2D eigenvalue weighted by atomic mass is 16.5. The van der Waals surface area contributed by atoms with Crippen molar-refractivity contribution in [2.45, 2.75) is 26.2 Å². The van der Waals surface area contributed by atoms with E-state index < -0.39 is 5.91 Å². The third kappa shape index (κ3) is 6.01. The molecule has 2 rings (SSSR count). The van der Waals surface area contributed by atoms with Crippen LogP contribution in [-0.2, 0) is 17.6 Å². The summed E-state index contributed by atoms with van der Waals surface area (Å²) in [6, 6.07) is 18.1. The molecule has 1 atom stereocenters. The van der Waals surface area contributed by atoms with Gasteiger partial charge in [0.25, 0.3) is 5.91 Å². The van der Waals surface area contributed by atoms with Gasteiger partial charge in [0.1, 0.15) is 0 Å². The normalized spacial score (nSPS) is 12.1. The predicted molar refractivity (Wildman–Crippen MR) is 101 cm³/mol. The van der Waals surface area contributed by atoms with Crippen LogP contribution in [0.1, 0.15) is 30.0 Å². The molecule has 0 aliphatic heterocycles. The molecule has 25 heavy (non-hydrogen) atoms. The van der Waals surface area contributed by atoms with E-state index in [1.807, 2.05) is 42.5 Å². The van der Waals surface area contributed by atoms with Crippen molar-refractivity contribution in [3.63, 3.8) is 0 Å². The van der Waals surface area contributed by atoms with E-state index in [2.05, 4.69) is 19.1 Å². The van der Waals surface area contributed by atoms with Crippen molar-refractivity contribution in [3.8, 4) is 0 Å². The van der Waals surface area contributed by atoms with E-state index in [9.17, 15) is 4.79 Å². The van der Waals surface area contributed by atoms with Crippen LogP contribution in [0.5, 0.6) is 0 Å². The molecule has 1 amide bonds. The zero-order valence-electron chi connectivity index (χ0n) is 14.4. The van der Waals surface area contributed by atoms with Gasteiger partial charge in [-0.25, -0.2) is 5.48 Å². The Kier molecular flexibility index (Phi) is 7.11. The van der Waals surface area contributed by atoms with E-state index in [0.717, 1.165) is 29.7 Å². The molecule has 0 spiro atoms. The van der Waals surface area contributed by atoms with Crippen LogP contribution in [0.3, 0.4) is 0 Å². The number of carbonyl (C=O) groups is 1. The SMILES string of the molecule is CCC(Cc1ccccc1)C(=N)Cc1ccc(/C=C/C(=O)NO)cc1. The van der Waals surface area contributed by atoms with Gasteiger partial charge in [-0.15, -0.1) is 0 Å². The summed E-state index contributed by atoms with van der Waals surface area (Å²) in [5, 5.41) is 16.9. The van der Waals surface area contributed by atoms with E-state index in [4.69, 9.17) is 10.6 Å². The number of benzene rings is 2. The van der Waals surface area contributed by atoms with E-state index >= 15 is 0 Å². The molecule has 4 nitrogen and oxygen atoms in total. The molecule has 4 heteroatoms. The molecule has 0 radical (unpaired) electrons. The van der Waals surface area contributed by atoms with Crippen molar-refractivity contribution >= 4 is 17.7 Å². The first kappa shape index (κ1) is 18.6. The Hall–Kier alpha value is -2.72. The van der Waals surface area contributed by atoms with Crippen molar-refractivity contribution in [1.82, 2.24) is 5.48 Å². The average molecular weight is 336 g/mol. The predicted octanol–water partition coefficient (Wildman–Crippen LogP) is 4.04.